The van der Waals surface area contributed by atoms with Gasteiger partial charge in [0.25, 0.3) is 11.5 Å². The molecule has 0 saturated carbocycles. The quantitative estimate of drug-likeness (QED) is 0.690. The Morgan fingerprint density at radius 1 is 1.24 bits per heavy atom. The van der Waals surface area contributed by atoms with Gasteiger partial charge in [-0.2, -0.15) is 0 Å². The minimum Gasteiger partial charge on any atom is -0.466 e. The molecule has 9 nitrogen and oxygen atoms in total. The Hall–Kier alpha value is -3.10. The molecule has 0 atom stereocenters. The van der Waals surface area contributed by atoms with Crippen molar-refractivity contribution < 1.29 is 14.0 Å². The fraction of sp³-hybridized carbons (Fsp3) is 0.500. The highest BCUT2D eigenvalue weighted by Gasteiger charge is 2.23. The highest BCUT2D eigenvalue weighted by molar-refractivity contribution is 5.97. The third kappa shape index (κ3) is 4.85. The van der Waals surface area contributed by atoms with Gasteiger partial charge in [0.2, 0.25) is 11.9 Å². The van der Waals surface area contributed by atoms with Crippen LogP contribution in [0.15, 0.2) is 15.3 Å². The van der Waals surface area contributed by atoms with Crippen LogP contribution in [0.5, 0.6) is 0 Å². The first-order valence-corrected chi connectivity index (χ1v) is 9.71. The van der Waals surface area contributed by atoms with Crippen LogP contribution in [0.3, 0.4) is 0 Å². The second kappa shape index (κ2) is 8.50. The van der Waals surface area contributed by atoms with E-state index in [0.717, 1.165) is 18.5 Å². The molecule has 0 aromatic carbocycles. The molecule has 1 saturated heterocycles. The maximum atomic E-state index is 12.2. The van der Waals surface area contributed by atoms with Crippen molar-refractivity contribution in [2.75, 3.05) is 24.5 Å². The van der Waals surface area contributed by atoms with Gasteiger partial charge in [-0.1, -0.05) is 0 Å². The van der Waals surface area contributed by atoms with Gasteiger partial charge in [-0.05, 0) is 46.6 Å². The first-order valence-electron chi connectivity index (χ1n) is 9.71. The molecule has 156 valence electrons. The summed E-state index contributed by atoms with van der Waals surface area (Å²) in [5, 5.41) is 5.58. The Morgan fingerprint density at radius 3 is 2.52 bits per heavy atom. The SMILES string of the molecule is Cc1cc(C(=O)NCC(=O)NC2CCN(c3nc(C)c(C)c(=O)[nH]3)CC2)c(C)o1. The number of aromatic nitrogens is 2. The molecule has 1 fully saturated rings. The normalized spacial score (nSPS) is 14.7. The minimum absolute atomic E-state index is 0.0202. The molecule has 0 bridgehead atoms. The van der Waals surface area contributed by atoms with Crippen LogP contribution in [0.2, 0.25) is 0 Å². The van der Waals surface area contributed by atoms with Crippen LogP contribution in [-0.2, 0) is 4.79 Å². The van der Waals surface area contributed by atoms with Crippen molar-refractivity contribution in [3.63, 3.8) is 0 Å². The molecule has 2 aromatic heterocycles. The van der Waals surface area contributed by atoms with Crippen molar-refractivity contribution in [1.29, 1.82) is 0 Å². The van der Waals surface area contributed by atoms with Crippen LogP contribution in [0.4, 0.5) is 5.95 Å². The van der Waals surface area contributed by atoms with E-state index in [9.17, 15) is 14.4 Å². The van der Waals surface area contributed by atoms with Crippen LogP contribution >= 0.6 is 0 Å². The van der Waals surface area contributed by atoms with Gasteiger partial charge in [-0.3, -0.25) is 19.4 Å². The Morgan fingerprint density at radius 2 is 1.93 bits per heavy atom. The van der Waals surface area contributed by atoms with Crippen molar-refractivity contribution >= 4 is 17.8 Å². The summed E-state index contributed by atoms with van der Waals surface area (Å²) in [4.78, 5) is 45.6. The Labute approximate surface area is 168 Å². The van der Waals surface area contributed by atoms with E-state index in [4.69, 9.17) is 4.42 Å². The summed E-state index contributed by atoms with van der Waals surface area (Å²) in [5.74, 6) is 1.21. The number of nitrogens with zero attached hydrogens (tertiary/aromatic N) is 2. The number of furan rings is 1. The maximum Gasteiger partial charge on any atom is 0.255 e. The zero-order valence-corrected chi connectivity index (χ0v) is 17.2. The number of rotatable bonds is 5. The van der Waals surface area contributed by atoms with E-state index in [1.807, 2.05) is 11.8 Å². The first kappa shape index (κ1) is 20.6. The van der Waals surface area contributed by atoms with E-state index in [1.54, 1.807) is 26.8 Å². The lowest BCUT2D eigenvalue weighted by molar-refractivity contribution is -0.120. The van der Waals surface area contributed by atoms with E-state index in [0.29, 0.717) is 41.7 Å². The summed E-state index contributed by atoms with van der Waals surface area (Å²) < 4.78 is 5.34. The molecule has 0 spiro atoms. The number of H-pyrrole nitrogens is 1. The zero-order valence-electron chi connectivity index (χ0n) is 17.2. The molecule has 3 rings (SSSR count). The topological polar surface area (TPSA) is 120 Å². The van der Waals surface area contributed by atoms with E-state index in [2.05, 4.69) is 20.6 Å². The average Bonchev–Trinajstić information content (AvgIpc) is 3.02. The number of carbonyl (C=O) groups excluding carboxylic acids is 2. The van der Waals surface area contributed by atoms with E-state index in [-0.39, 0.29) is 30.0 Å². The molecule has 3 N–H and O–H groups in total. The molecule has 0 aliphatic carbocycles. The van der Waals surface area contributed by atoms with Crippen molar-refractivity contribution in [3.05, 3.63) is 44.8 Å². The molecular weight excluding hydrogens is 374 g/mol. The summed E-state index contributed by atoms with van der Waals surface area (Å²) in [6.45, 7) is 8.32. The second-order valence-corrected chi connectivity index (χ2v) is 7.44. The van der Waals surface area contributed by atoms with Gasteiger partial charge in [-0.25, -0.2) is 4.98 Å². The van der Waals surface area contributed by atoms with Crippen LogP contribution in [0, 0.1) is 27.7 Å². The summed E-state index contributed by atoms with van der Waals surface area (Å²) in [5.41, 5.74) is 1.66. The zero-order chi connectivity index (χ0) is 21.1. The highest BCUT2D eigenvalue weighted by atomic mass is 16.3. The number of piperidine rings is 1. The molecular formula is C20H27N5O4. The molecule has 9 heteroatoms. The average molecular weight is 401 g/mol. The number of anilines is 1. The molecule has 2 amide bonds. The summed E-state index contributed by atoms with van der Waals surface area (Å²) >= 11 is 0. The minimum atomic E-state index is -0.325. The third-order valence-electron chi connectivity index (χ3n) is 5.24. The van der Waals surface area contributed by atoms with Gasteiger partial charge in [0, 0.05) is 30.4 Å². The maximum absolute atomic E-state index is 12.2. The van der Waals surface area contributed by atoms with Gasteiger partial charge < -0.3 is 20.0 Å². The lowest BCUT2D eigenvalue weighted by Crippen LogP contribution is -2.48. The Bertz CT molecular complexity index is 970. The van der Waals surface area contributed by atoms with Crippen LogP contribution in [-0.4, -0.2) is 47.5 Å². The largest absolute Gasteiger partial charge is 0.466 e. The standard InChI is InChI=1S/C20H27N5O4/c1-11-9-16(14(4)29-11)19(28)21-10-17(26)23-15-5-7-25(8-6-15)20-22-13(3)12(2)18(27)24-20/h9,15H,5-8,10H2,1-4H3,(H,21,28)(H,23,26)(H,22,24,27). The summed E-state index contributed by atoms with van der Waals surface area (Å²) in [6.07, 6.45) is 1.46. The molecule has 3 heterocycles. The van der Waals surface area contributed by atoms with Crippen LogP contribution in [0.25, 0.3) is 0 Å². The monoisotopic (exact) mass is 401 g/mol. The van der Waals surface area contributed by atoms with Crippen molar-refractivity contribution in [2.45, 2.75) is 46.6 Å². The van der Waals surface area contributed by atoms with E-state index >= 15 is 0 Å². The Balaban J connectivity index is 1.47. The van der Waals surface area contributed by atoms with Gasteiger partial charge in [0.15, 0.2) is 0 Å². The van der Waals surface area contributed by atoms with Gasteiger partial charge >= 0.3 is 0 Å². The van der Waals surface area contributed by atoms with Crippen molar-refractivity contribution in [1.82, 2.24) is 20.6 Å². The number of hydrogen-bond donors (Lipinski definition) is 3. The fourth-order valence-electron chi connectivity index (χ4n) is 3.41. The smallest absolute Gasteiger partial charge is 0.255 e. The Kier molecular flexibility index (Phi) is 6.05. The molecule has 2 aromatic rings. The van der Waals surface area contributed by atoms with E-state index < -0.39 is 0 Å². The van der Waals surface area contributed by atoms with Gasteiger partial charge in [0.1, 0.15) is 11.5 Å². The van der Waals surface area contributed by atoms with Crippen LogP contribution in [0.1, 0.15) is 46.0 Å². The highest BCUT2D eigenvalue weighted by Crippen LogP contribution is 2.16. The van der Waals surface area contributed by atoms with Crippen molar-refractivity contribution in [2.24, 2.45) is 0 Å². The van der Waals surface area contributed by atoms with Crippen LogP contribution < -0.4 is 21.1 Å². The predicted octanol–water partition coefficient (Wildman–Crippen LogP) is 1.11. The lowest BCUT2D eigenvalue weighted by Gasteiger charge is -2.32. The second-order valence-electron chi connectivity index (χ2n) is 7.44. The number of hydrogen-bond acceptors (Lipinski definition) is 6. The molecule has 0 radical (unpaired) electrons. The number of amides is 2. The number of aromatic amines is 1. The number of nitrogens with one attached hydrogen (secondary N) is 3. The lowest BCUT2D eigenvalue weighted by atomic mass is 10.1. The molecule has 29 heavy (non-hydrogen) atoms. The number of aryl methyl sites for hydroxylation is 3. The summed E-state index contributed by atoms with van der Waals surface area (Å²) in [7, 11) is 0. The van der Waals surface area contributed by atoms with Gasteiger partial charge in [-0.15, -0.1) is 0 Å². The van der Waals surface area contributed by atoms with Crippen molar-refractivity contribution in [3.8, 4) is 0 Å². The fourth-order valence-corrected chi connectivity index (χ4v) is 3.41. The molecule has 1 aliphatic rings. The van der Waals surface area contributed by atoms with E-state index in [1.165, 1.54) is 0 Å². The molecule has 0 unspecified atom stereocenters. The predicted molar refractivity (Wildman–Crippen MR) is 108 cm³/mol. The third-order valence-corrected chi connectivity index (χ3v) is 5.24. The summed E-state index contributed by atoms with van der Waals surface area (Å²) in [6, 6.07) is 1.68. The first-order chi connectivity index (χ1) is 13.7. The molecule has 1 aliphatic heterocycles. The number of carbonyl (C=O) groups is 2. The van der Waals surface area contributed by atoms with Gasteiger partial charge in [0.05, 0.1) is 12.1 Å².